The number of nitrogens with one attached hydrogen (secondary N) is 2. The van der Waals surface area contributed by atoms with Gasteiger partial charge in [-0.1, -0.05) is 0 Å². The fourth-order valence-electron chi connectivity index (χ4n) is 4.31. The van der Waals surface area contributed by atoms with E-state index in [1.54, 1.807) is 18.1 Å². The summed E-state index contributed by atoms with van der Waals surface area (Å²) >= 11 is 0. The first-order valence-corrected chi connectivity index (χ1v) is 10.6. The third-order valence-corrected chi connectivity index (χ3v) is 7.56. The van der Waals surface area contributed by atoms with Crippen molar-refractivity contribution in [1.29, 1.82) is 0 Å². The average Bonchev–Trinajstić information content (AvgIpc) is 3.32. The molecule has 152 valence electrons. The number of benzene rings is 1. The fourth-order valence-corrected chi connectivity index (χ4v) is 5.91. The minimum atomic E-state index is -3.60. The number of hydrogen-bond acceptors (Lipinski definition) is 5. The molecule has 3 unspecified atom stereocenters. The van der Waals surface area contributed by atoms with Gasteiger partial charge in [0.05, 0.1) is 12.2 Å². The molecule has 1 saturated carbocycles. The Morgan fingerprint density at radius 2 is 2.04 bits per heavy atom. The number of rotatable bonds is 4. The number of halogens is 2. The second kappa shape index (κ2) is 7.00. The first kappa shape index (κ1) is 19.1. The van der Waals surface area contributed by atoms with Gasteiger partial charge in [-0.3, -0.25) is 4.79 Å². The normalized spacial score (nSPS) is 27.5. The zero-order valence-electron chi connectivity index (χ0n) is 15.4. The zero-order chi connectivity index (χ0) is 20.1. The molecule has 1 amide bonds. The highest BCUT2D eigenvalue weighted by molar-refractivity contribution is 7.93. The van der Waals surface area contributed by atoms with E-state index in [1.807, 2.05) is 0 Å². The Kier molecular flexibility index (Phi) is 4.78. The predicted molar refractivity (Wildman–Crippen MR) is 98.2 cm³/mol. The first-order chi connectivity index (χ1) is 13.3. The van der Waals surface area contributed by atoms with Crippen molar-refractivity contribution in [2.75, 3.05) is 26.8 Å². The SMILES string of the molecule is CN1C=C(S(=O)(=O)N2CC3CCC(NC(=O)c4ccc(F)cc4F)C3C2)NC1. The monoisotopic (exact) mass is 412 g/mol. The molecule has 7 nitrogen and oxygen atoms in total. The molecule has 1 aliphatic carbocycles. The Bertz CT molecular complexity index is 937. The van der Waals surface area contributed by atoms with Gasteiger partial charge in [0.25, 0.3) is 15.9 Å². The third-order valence-electron chi connectivity index (χ3n) is 5.77. The van der Waals surface area contributed by atoms with Crippen LogP contribution in [0.3, 0.4) is 0 Å². The maximum Gasteiger partial charge on any atom is 0.259 e. The molecule has 1 aromatic rings. The Morgan fingerprint density at radius 3 is 2.71 bits per heavy atom. The van der Waals surface area contributed by atoms with Gasteiger partial charge in [0.1, 0.15) is 11.6 Å². The lowest BCUT2D eigenvalue weighted by Crippen LogP contribution is -2.41. The second-order valence-corrected chi connectivity index (χ2v) is 9.52. The molecular weight excluding hydrogens is 390 g/mol. The van der Waals surface area contributed by atoms with Crippen LogP contribution in [0.2, 0.25) is 0 Å². The summed E-state index contributed by atoms with van der Waals surface area (Å²) in [5.74, 6) is -2.13. The molecule has 1 aromatic carbocycles. The Hall–Kier alpha value is -2.20. The number of fused-ring (bicyclic) bond motifs is 1. The molecule has 2 N–H and O–H groups in total. The molecule has 10 heteroatoms. The topological polar surface area (TPSA) is 81.8 Å². The van der Waals surface area contributed by atoms with Crippen molar-refractivity contribution in [2.24, 2.45) is 11.8 Å². The van der Waals surface area contributed by atoms with Gasteiger partial charge >= 0.3 is 0 Å². The summed E-state index contributed by atoms with van der Waals surface area (Å²) in [5, 5.41) is 5.88. The van der Waals surface area contributed by atoms with Crippen LogP contribution >= 0.6 is 0 Å². The van der Waals surface area contributed by atoms with Crippen molar-refractivity contribution in [2.45, 2.75) is 18.9 Å². The second-order valence-electron chi connectivity index (χ2n) is 7.61. The molecule has 3 aliphatic rings. The summed E-state index contributed by atoms with van der Waals surface area (Å²) in [5.41, 5.74) is -0.212. The van der Waals surface area contributed by atoms with Crippen LogP contribution in [0.5, 0.6) is 0 Å². The molecule has 28 heavy (non-hydrogen) atoms. The number of carbonyl (C=O) groups excluding carboxylic acids is 1. The molecule has 0 aromatic heterocycles. The van der Waals surface area contributed by atoms with E-state index in [0.29, 0.717) is 32.2 Å². The summed E-state index contributed by atoms with van der Waals surface area (Å²) < 4.78 is 54.0. The average molecular weight is 412 g/mol. The molecule has 2 heterocycles. The summed E-state index contributed by atoms with van der Waals surface area (Å²) in [6.45, 7) is 1.16. The van der Waals surface area contributed by atoms with Crippen LogP contribution in [-0.2, 0) is 10.0 Å². The zero-order valence-corrected chi connectivity index (χ0v) is 16.2. The van der Waals surface area contributed by atoms with Crippen molar-refractivity contribution in [3.63, 3.8) is 0 Å². The lowest BCUT2D eigenvalue weighted by Gasteiger charge is -2.22. The highest BCUT2D eigenvalue weighted by atomic mass is 32.2. The van der Waals surface area contributed by atoms with E-state index in [9.17, 15) is 22.0 Å². The standard InChI is InChI=1S/C18H22F2N4O3S/c1-23-9-17(21-10-23)28(26,27)24-7-11-2-5-16(14(11)8-24)22-18(25)13-4-3-12(19)6-15(13)20/h3-4,6,9,11,14,16,21H,2,5,7-8,10H2,1H3,(H,22,25). The van der Waals surface area contributed by atoms with Crippen molar-refractivity contribution in [1.82, 2.24) is 19.8 Å². The largest absolute Gasteiger partial charge is 0.361 e. The van der Waals surface area contributed by atoms with Crippen molar-refractivity contribution < 1.29 is 22.0 Å². The van der Waals surface area contributed by atoms with Crippen LogP contribution in [0.15, 0.2) is 29.4 Å². The summed E-state index contributed by atoms with van der Waals surface area (Å²) in [7, 11) is -1.82. The van der Waals surface area contributed by atoms with Crippen LogP contribution in [0.25, 0.3) is 0 Å². The van der Waals surface area contributed by atoms with Crippen molar-refractivity contribution >= 4 is 15.9 Å². The van der Waals surface area contributed by atoms with Gasteiger partial charge in [0.15, 0.2) is 5.03 Å². The molecule has 3 atom stereocenters. The quantitative estimate of drug-likeness (QED) is 0.772. The van der Waals surface area contributed by atoms with Gasteiger partial charge in [-0.15, -0.1) is 0 Å². The number of amides is 1. The van der Waals surface area contributed by atoms with Gasteiger partial charge in [-0.25, -0.2) is 17.2 Å². The molecular formula is C18H22F2N4O3S. The molecule has 0 bridgehead atoms. The minimum absolute atomic E-state index is 0.0260. The van der Waals surface area contributed by atoms with Crippen LogP contribution in [-0.4, -0.2) is 56.4 Å². The highest BCUT2D eigenvalue weighted by Crippen LogP contribution is 2.40. The lowest BCUT2D eigenvalue weighted by molar-refractivity contribution is 0.0923. The Morgan fingerprint density at radius 1 is 1.25 bits per heavy atom. The summed E-state index contributed by atoms with van der Waals surface area (Å²) in [6.07, 6.45) is 3.07. The number of hydrogen-bond donors (Lipinski definition) is 2. The first-order valence-electron chi connectivity index (χ1n) is 9.17. The van der Waals surface area contributed by atoms with Crippen molar-refractivity contribution in [3.8, 4) is 0 Å². The van der Waals surface area contributed by atoms with Crippen molar-refractivity contribution in [3.05, 3.63) is 46.6 Å². The van der Waals surface area contributed by atoms with Gasteiger partial charge in [-0.05, 0) is 36.8 Å². The Balaban J connectivity index is 1.45. The minimum Gasteiger partial charge on any atom is -0.361 e. The predicted octanol–water partition coefficient (Wildman–Crippen LogP) is 1.03. The van der Waals surface area contributed by atoms with E-state index < -0.39 is 27.6 Å². The van der Waals surface area contributed by atoms with Gasteiger partial charge in [-0.2, -0.15) is 4.31 Å². The van der Waals surface area contributed by atoms with Gasteiger partial charge < -0.3 is 15.5 Å². The van der Waals surface area contributed by atoms with E-state index in [4.69, 9.17) is 0 Å². The van der Waals surface area contributed by atoms with Crippen LogP contribution < -0.4 is 10.6 Å². The number of nitrogens with zero attached hydrogens (tertiary/aromatic N) is 2. The van der Waals surface area contributed by atoms with E-state index >= 15 is 0 Å². The maximum absolute atomic E-state index is 13.9. The third kappa shape index (κ3) is 3.35. The smallest absolute Gasteiger partial charge is 0.259 e. The van der Waals surface area contributed by atoms with Gasteiger partial charge in [0, 0.05) is 38.4 Å². The van der Waals surface area contributed by atoms with E-state index in [0.717, 1.165) is 18.6 Å². The molecule has 0 radical (unpaired) electrons. The molecule has 4 rings (SSSR count). The van der Waals surface area contributed by atoms with Crippen LogP contribution in [0.1, 0.15) is 23.2 Å². The molecule has 2 aliphatic heterocycles. The van der Waals surface area contributed by atoms with Gasteiger partial charge in [0.2, 0.25) is 0 Å². The Labute approximate surface area is 162 Å². The van der Waals surface area contributed by atoms with Crippen LogP contribution in [0, 0.1) is 23.5 Å². The highest BCUT2D eigenvalue weighted by Gasteiger charge is 2.47. The number of sulfonamides is 1. The summed E-state index contributed by atoms with van der Waals surface area (Å²) in [4.78, 5) is 14.2. The summed E-state index contributed by atoms with van der Waals surface area (Å²) in [6, 6.07) is 2.59. The van der Waals surface area contributed by atoms with Crippen LogP contribution in [0.4, 0.5) is 8.78 Å². The molecule has 2 fully saturated rings. The van der Waals surface area contributed by atoms with E-state index in [2.05, 4.69) is 10.6 Å². The maximum atomic E-state index is 13.9. The van der Waals surface area contributed by atoms with E-state index in [-0.39, 0.29) is 28.5 Å². The van der Waals surface area contributed by atoms with E-state index in [1.165, 1.54) is 4.31 Å². The molecule has 1 saturated heterocycles. The number of carbonyl (C=O) groups is 1. The fraction of sp³-hybridized carbons (Fsp3) is 0.500. The molecule has 0 spiro atoms. The lowest BCUT2D eigenvalue weighted by atomic mass is 9.97.